The standard InChI is InChI=1S/C18H12ClFN2O4S/c19-9-5-10(20)17-11(6-9)21-15(27-17)8-22-12-3-1-2-4-13(12)26-14(18(22)25)7-16(23)24/h1-6,14H,7-8H2,(H,23,24). The molecule has 0 aliphatic carbocycles. The number of halogens is 2. The van der Waals surface area contributed by atoms with Gasteiger partial charge in [-0.3, -0.25) is 14.5 Å². The zero-order chi connectivity index (χ0) is 19.1. The van der Waals surface area contributed by atoms with Gasteiger partial charge < -0.3 is 9.84 Å². The number of benzene rings is 2. The smallest absolute Gasteiger partial charge is 0.307 e. The molecule has 1 atom stereocenters. The monoisotopic (exact) mass is 406 g/mol. The van der Waals surface area contributed by atoms with Gasteiger partial charge in [0.15, 0.2) is 6.10 Å². The average molecular weight is 407 g/mol. The Balaban J connectivity index is 1.72. The third-order valence-corrected chi connectivity index (χ3v) is 5.36. The largest absolute Gasteiger partial charge is 0.481 e. The van der Waals surface area contributed by atoms with Crippen LogP contribution in [0.1, 0.15) is 11.4 Å². The molecule has 0 saturated heterocycles. The van der Waals surface area contributed by atoms with Crippen LogP contribution in [0, 0.1) is 5.82 Å². The van der Waals surface area contributed by atoms with Crippen molar-refractivity contribution in [3.05, 3.63) is 52.2 Å². The SMILES string of the molecule is O=C(O)CC1Oc2ccccc2N(Cc2nc3cc(Cl)cc(F)c3s2)C1=O. The summed E-state index contributed by atoms with van der Waals surface area (Å²) in [5.41, 5.74) is 0.929. The molecule has 27 heavy (non-hydrogen) atoms. The summed E-state index contributed by atoms with van der Waals surface area (Å²) in [6.07, 6.45) is -1.58. The summed E-state index contributed by atoms with van der Waals surface area (Å²) >= 11 is 6.99. The molecule has 2 heterocycles. The normalized spacial score (nSPS) is 16.3. The molecule has 1 N–H and O–H groups in total. The fourth-order valence-corrected chi connectivity index (χ4v) is 4.07. The van der Waals surface area contributed by atoms with Crippen molar-refractivity contribution in [3.8, 4) is 5.75 Å². The van der Waals surface area contributed by atoms with Crippen molar-refractivity contribution in [1.29, 1.82) is 0 Å². The number of carbonyl (C=O) groups excluding carboxylic acids is 1. The number of para-hydroxylation sites is 2. The maximum absolute atomic E-state index is 14.1. The van der Waals surface area contributed by atoms with E-state index in [0.717, 1.165) is 11.3 Å². The number of ether oxygens (including phenoxy) is 1. The highest BCUT2D eigenvalue weighted by atomic mass is 35.5. The minimum atomic E-state index is -1.13. The number of carboxylic acids is 1. The van der Waals surface area contributed by atoms with Gasteiger partial charge in [0, 0.05) is 5.02 Å². The van der Waals surface area contributed by atoms with E-state index in [4.69, 9.17) is 21.4 Å². The Labute approximate surface area is 161 Å². The van der Waals surface area contributed by atoms with E-state index in [-0.39, 0.29) is 11.6 Å². The number of carbonyl (C=O) groups is 2. The molecule has 0 radical (unpaired) electrons. The number of hydrogen-bond donors (Lipinski definition) is 1. The Morgan fingerprint density at radius 1 is 1.37 bits per heavy atom. The molecule has 1 unspecified atom stereocenters. The lowest BCUT2D eigenvalue weighted by atomic mass is 10.1. The second-order valence-electron chi connectivity index (χ2n) is 5.94. The molecule has 0 fully saturated rings. The van der Waals surface area contributed by atoms with E-state index in [1.54, 1.807) is 30.3 Å². The molecule has 1 aliphatic rings. The van der Waals surface area contributed by atoms with E-state index in [1.807, 2.05) is 0 Å². The van der Waals surface area contributed by atoms with Crippen LogP contribution >= 0.6 is 22.9 Å². The maximum Gasteiger partial charge on any atom is 0.307 e. The number of nitrogens with zero attached hydrogens (tertiary/aromatic N) is 2. The van der Waals surface area contributed by atoms with Crippen molar-refractivity contribution in [3.63, 3.8) is 0 Å². The van der Waals surface area contributed by atoms with E-state index in [9.17, 15) is 14.0 Å². The van der Waals surface area contributed by atoms with Crippen LogP contribution in [0.25, 0.3) is 10.2 Å². The van der Waals surface area contributed by atoms with Crippen LogP contribution in [0.15, 0.2) is 36.4 Å². The van der Waals surface area contributed by atoms with Gasteiger partial charge in [-0.25, -0.2) is 9.37 Å². The molecule has 1 aromatic heterocycles. The Morgan fingerprint density at radius 3 is 2.93 bits per heavy atom. The molecule has 0 spiro atoms. The summed E-state index contributed by atoms with van der Waals surface area (Å²) < 4.78 is 20.0. The number of aliphatic carboxylic acids is 1. The zero-order valence-corrected chi connectivity index (χ0v) is 15.3. The number of anilines is 1. The first-order valence-corrected chi connectivity index (χ1v) is 9.15. The highest BCUT2D eigenvalue weighted by molar-refractivity contribution is 7.18. The van der Waals surface area contributed by atoms with Crippen LogP contribution in [-0.2, 0) is 16.1 Å². The number of fused-ring (bicyclic) bond motifs is 2. The van der Waals surface area contributed by atoms with E-state index in [2.05, 4.69) is 4.98 Å². The van der Waals surface area contributed by atoms with Gasteiger partial charge in [0.2, 0.25) is 0 Å². The van der Waals surface area contributed by atoms with E-state index >= 15 is 0 Å². The predicted molar refractivity (Wildman–Crippen MR) is 98.9 cm³/mol. The molecular formula is C18H12ClFN2O4S. The average Bonchev–Trinajstić information content (AvgIpc) is 3.01. The Kier molecular flexibility index (Phi) is 4.45. The molecule has 0 saturated carbocycles. The first-order chi connectivity index (χ1) is 12.9. The van der Waals surface area contributed by atoms with Crippen molar-refractivity contribution < 1.29 is 23.8 Å². The van der Waals surface area contributed by atoms with Gasteiger partial charge in [-0.1, -0.05) is 23.7 Å². The summed E-state index contributed by atoms with van der Waals surface area (Å²) in [6.45, 7) is 0.0751. The number of hydrogen-bond acceptors (Lipinski definition) is 5. The molecule has 138 valence electrons. The van der Waals surface area contributed by atoms with Crippen LogP contribution in [0.4, 0.5) is 10.1 Å². The summed E-state index contributed by atoms with van der Waals surface area (Å²) in [6, 6.07) is 9.63. The zero-order valence-electron chi connectivity index (χ0n) is 13.7. The first-order valence-electron chi connectivity index (χ1n) is 7.95. The molecule has 2 aromatic carbocycles. The Bertz CT molecular complexity index is 1070. The number of rotatable bonds is 4. The lowest BCUT2D eigenvalue weighted by Gasteiger charge is -2.33. The second-order valence-corrected chi connectivity index (χ2v) is 7.46. The summed E-state index contributed by atoms with van der Waals surface area (Å²) in [4.78, 5) is 29.6. The predicted octanol–water partition coefficient (Wildman–Crippen LogP) is 3.86. The van der Waals surface area contributed by atoms with E-state index in [0.29, 0.717) is 26.7 Å². The van der Waals surface area contributed by atoms with Crippen molar-refractivity contribution in [2.24, 2.45) is 0 Å². The number of carboxylic acid groups (broad SMARTS) is 1. The van der Waals surface area contributed by atoms with Crippen molar-refractivity contribution in [1.82, 2.24) is 4.98 Å². The molecule has 9 heteroatoms. The topological polar surface area (TPSA) is 79.7 Å². The van der Waals surface area contributed by atoms with Crippen LogP contribution in [0.3, 0.4) is 0 Å². The summed E-state index contributed by atoms with van der Waals surface area (Å²) in [5.74, 6) is -1.67. The molecule has 1 aliphatic heterocycles. The van der Waals surface area contributed by atoms with Gasteiger partial charge in [0.05, 0.1) is 28.9 Å². The summed E-state index contributed by atoms with van der Waals surface area (Å²) in [5, 5.41) is 9.79. The van der Waals surface area contributed by atoms with Crippen molar-refractivity contribution in [2.45, 2.75) is 19.1 Å². The van der Waals surface area contributed by atoms with Crippen LogP contribution in [-0.4, -0.2) is 28.1 Å². The van der Waals surface area contributed by atoms with Crippen LogP contribution in [0.5, 0.6) is 5.75 Å². The molecule has 6 nitrogen and oxygen atoms in total. The molecule has 4 rings (SSSR count). The van der Waals surface area contributed by atoms with Crippen molar-refractivity contribution in [2.75, 3.05) is 4.90 Å². The molecular weight excluding hydrogens is 395 g/mol. The molecule has 3 aromatic rings. The van der Waals surface area contributed by atoms with Gasteiger partial charge >= 0.3 is 5.97 Å². The highest BCUT2D eigenvalue weighted by Gasteiger charge is 2.36. The Morgan fingerprint density at radius 2 is 2.15 bits per heavy atom. The Hall–Kier alpha value is -2.71. The number of thiazole rings is 1. The summed E-state index contributed by atoms with van der Waals surface area (Å²) in [7, 11) is 0. The van der Waals surface area contributed by atoms with Crippen molar-refractivity contribution >= 4 is 50.7 Å². The van der Waals surface area contributed by atoms with Gasteiger partial charge in [0.1, 0.15) is 16.6 Å². The fourth-order valence-electron chi connectivity index (χ4n) is 2.94. The van der Waals surface area contributed by atoms with Gasteiger partial charge in [-0.2, -0.15) is 0 Å². The molecule has 0 bridgehead atoms. The maximum atomic E-state index is 14.1. The quantitative estimate of drug-likeness (QED) is 0.711. The third-order valence-electron chi connectivity index (χ3n) is 4.07. The van der Waals surface area contributed by atoms with Gasteiger partial charge in [0.25, 0.3) is 5.91 Å². The van der Waals surface area contributed by atoms with Gasteiger partial charge in [-0.05, 0) is 24.3 Å². The lowest BCUT2D eigenvalue weighted by molar-refractivity contribution is -0.142. The van der Waals surface area contributed by atoms with Gasteiger partial charge in [-0.15, -0.1) is 11.3 Å². The minimum absolute atomic E-state index is 0.0751. The second kappa shape index (κ2) is 6.79. The highest BCUT2D eigenvalue weighted by Crippen LogP contribution is 2.37. The van der Waals surface area contributed by atoms with E-state index in [1.165, 1.54) is 11.0 Å². The van der Waals surface area contributed by atoms with Crippen LogP contribution in [0.2, 0.25) is 5.02 Å². The fraction of sp³-hybridized carbons (Fsp3) is 0.167. The minimum Gasteiger partial charge on any atom is -0.481 e. The third kappa shape index (κ3) is 3.33. The lowest BCUT2D eigenvalue weighted by Crippen LogP contribution is -2.46. The molecule has 1 amide bonds. The number of amides is 1. The van der Waals surface area contributed by atoms with Crippen LogP contribution < -0.4 is 9.64 Å². The van der Waals surface area contributed by atoms with E-state index < -0.39 is 30.2 Å². The first kappa shape index (κ1) is 17.7. The number of aromatic nitrogens is 1.